The number of rotatable bonds is 6. The van der Waals surface area contributed by atoms with Gasteiger partial charge in [0.2, 0.25) is 6.86 Å². The molecular formula is C19H25FN2O8. The summed E-state index contributed by atoms with van der Waals surface area (Å²) in [6.45, 7) is 4.88. The van der Waals surface area contributed by atoms with Gasteiger partial charge in [-0.1, -0.05) is 20.8 Å². The average Bonchev–Trinajstić information content (AvgIpc) is 2.67. The molecule has 11 heteroatoms. The Morgan fingerprint density at radius 1 is 1.27 bits per heavy atom. The highest BCUT2D eigenvalue weighted by molar-refractivity contribution is 5.95. The summed E-state index contributed by atoms with van der Waals surface area (Å²) in [7, 11) is 1.08. The van der Waals surface area contributed by atoms with E-state index < -0.39 is 40.5 Å². The van der Waals surface area contributed by atoms with Crippen molar-refractivity contribution in [1.29, 1.82) is 0 Å². The molecule has 166 valence electrons. The lowest BCUT2D eigenvalue weighted by atomic mass is 9.70. The van der Waals surface area contributed by atoms with Crippen LogP contribution in [-0.2, 0) is 4.74 Å². The number of carbonyl (C=O) groups excluding carboxylic acids is 1. The maximum Gasteiger partial charge on any atom is 0.407 e. The zero-order chi connectivity index (χ0) is 22.7. The first-order valence-electron chi connectivity index (χ1n) is 9.22. The minimum atomic E-state index is -1.26. The normalized spacial score (nSPS) is 16.0. The van der Waals surface area contributed by atoms with Crippen LogP contribution in [-0.4, -0.2) is 59.7 Å². The number of carboxylic acid groups (broad SMARTS) is 1. The average molecular weight is 428 g/mol. The number of methoxy groups -OCH3 is 1. The van der Waals surface area contributed by atoms with Gasteiger partial charge in [-0.2, -0.15) is 0 Å². The molecule has 1 aliphatic heterocycles. The predicted octanol–water partition coefficient (Wildman–Crippen LogP) is 3.62. The molecule has 2 rings (SSSR count). The number of piperidine rings is 1. The van der Waals surface area contributed by atoms with Gasteiger partial charge in [0, 0.05) is 37.4 Å². The van der Waals surface area contributed by atoms with Crippen LogP contribution < -0.4 is 9.47 Å². The first kappa shape index (κ1) is 23.2. The topological polar surface area (TPSA) is 128 Å². The molecule has 0 spiro atoms. The van der Waals surface area contributed by atoms with Crippen LogP contribution in [0.3, 0.4) is 0 Å². The van der Waals surface area contributed by atoms with Gasteiger partial charge >= 0.3 is 12.1 Å². The molecule has 0 unspecified atom stereocenters. The van der Waals surface area contributed by atoms with Crippen LogP contribution in [0.15, 0.2) is 12.1 Å². The molecular weight excluding hydrogens is 403 g/mol. The summed E-state index contributed by atoms with van der Waals surface area (Å²) < 4.78 is 28.7. The molecule has 1 heterocycles. The van der Waals surface area contributed by atoms with Crippen molar-refractivity contribution in [2.75, 3.05) is 27.1 Å². The van der Waals surface area contributed by atoms with Crippen molar-refractivity contribution < 1.29 is 38.2 Å². The summed E-state index contributed by atoms with van der Waals surface area (Å²) in [5, 5.41) is 20.6. The number of esters is 1. The van der Waals surface area contributed by atoms with Gasteiger partial charge in [-0.3, -0.25) is 10.1 Å². The van der Waals surface area contributed by atoms with Gasteiger partial charge < -0.3 is 24.2 Å². The van der Waals surface area contributed by atoms with Crippen molar-refractivity contribution in [2.24, 2.45) is 5.41 Å². The lowest BCUT2D eigenvalue weighted by molar-refractivity contribution is -0.385. The monoisotopic (exact) mass is 428 g/mol. The molecule has 1 amide bonds. The van der Waals surface area contributed by atoms with E-state index >= 15 is 0 Å². The van der Waals surface area contributed by atoms with Crippen LogP contribution >= 0.6 is 0 Å². The lowest BCUT2D eigenvalue weighted by Gasteiger charge is -2.49. The van der Waals surface area contributed by atoms with Gasteiger partial charge in [-0.25, -0.2) is 14.0 Å². The van der Waals surface area contributed by atoms with Crippen molar-refractivity contribution in [3.8, 4) is 11.5 Å². The standard InChI is InChI=1S/C19H25FN2O8/c1-18(2,3)19(5-7-21(8-6-19)17(24)25)30-15-9-12(16(23)28-4)13(22(26)27)10-14(15)29-11-20/h9-10H,5-8,11H2,1-4H3,(H,24,25). The SMILES string of the molecule is COC(=O)c1cc(OC2(C(C)(C)C)CCN(C(=O)O)CC2)c(OCF)cc1[N+](=O)[O-]. The number of amides is 1. The van der Waals surface area contributed by atoms with Gasteiger partial charge in [-0.15, -0.1) is 0 Å². The van der Waals surface area contributed by atoms with Crippen LogP contribution in [0.1, 0.15) is 44.0 Å². The number of nitro groups is 1. The van der Waals surface area contributed by atoms with E-state index in [9.17, 15) is 29.2 Å². The first-order valence-corrected chi connectivity index (χ1v) is 9.22. The Morgan fingerprint density at radius 3 is 2.30 bits per heavy atom. The molecule has 1 aromatic rings. The number of ether oxygens (including phenoxy) is 3. The van der Waals surface area contributed by atoms with E-state index in [4.69, 9.17) is 9.47 Å². The van der Waals surface area contributed by atoms with E-state index in [0.717, 1.165) is 19.2 Å². The van der Waals surface area contributed by atoms with Crippen LogP contribution in [0.5, 0.6) is 11.5 Å². The molecule has 0 aromatic heterocycles. The maximum absolute atomic E-state index is 13.0. The van der Waals surface area contributed by atoms with E-state index in [0.29, 0.717) is 12.8 Å². The van der Waals surface area contributed by atoms with E-state index in [2.05, 4.69) is 4.74 Å². The third-order valence-corrected chi connectivity index (χ3v) is 5.39. The van der Waals surface area contributed by atoms with Gasteiger partial charge in [0.15, 0.2) is 11.5 Å². The molecule has 1 saturated heterocycles. The van der Waals surface area contributed by atoms with Gasteiger partial charge in [-0.05, 0) is 0 Å². The largest absolute Gasteiger partial charge is 0.483 e. The summed E-state index contributed by atoms with van der Waals surface area (Å²) >= 11 is 0. The van der Waals surface area contributed by atoms with Crippen LogP contribution in [0.25, 0.3) is 0 Å². The zero-order valence-corrected chi connectivity index (χ0v) is 17.3. The highest BCUT2D eigenvalue weighted by atomic mass is 19.1. The highest BCUT2D eigenvalue weighted by Gasteiger charge is 2.48. The summed E-state index contributed by atoms with van der Waals surface area (Å²) in [5.74, 6) is -1.25. The number of hydrogen-bond donors (Lipinski definition) is 1. The molecule has 1 fully saturated rings. The number of halogens is 1. The number of hydrogen-bond acceptors (Lipinski definition) is 7. The van der Waals surface area contributed by atoms with E-state index in [1.807, 2.05) is 20.8 Å². The number of nitro benzene ring substituents is 1. The third kappa shape index (κ3) is 4.55. The molecule has 0 atom stereocenters. The fourth-order valence-electron chi connectivity index (χ4n) is 3.50. The Bertz CT molecular complexity index is 829. The molecule has 0 saturated carbocycles. The Labute approximate surface area is 172 Å². The van der Waals surface area contributed by atoms with Crippen LogP contribution in [0, 0.1) is 15.5 Å². The Hall–Kier alpha value is -3.11. The second-order valence-electron chi connectivity index (χ2n) is 7.93. The number of likely N-dealkylation sites (tertiary alicyclic amines) is 1. The fraction of sp³-hybridized carbons (Fsp3) is 0.579. The van der Waals surface area contributed by atoms with Crippen LogP contribution in [0.4, 0.5) is 14.9 Å². The number of nitrogens with zero attached hydrogens (tertiary/aromatic N) is 2. The van der Waals surface area contributed by atoms with Crippen molar-refractivity contribution in [2.45, 2.75) is 39.2 Å². The zero-order valence-electron chi connectivity index (χ0n) is 17.3. The van der Waals surface area contributed by atoms with Crippen molar-refractivity contribution in [1.82, 2.24) is 4.90 Å². The molecule has 10 nitrogen and oxygen atoms in total. The van der Waals surface area contributed by atoms with Crippen molar-refractivity contribution in [3.63, 3.8) is 0 Å². The Balaban J connectivity index is 2.55. The summed E-state index contributed by atoms with van der Waals surface area (Å²) in [6, 6.07) is 2.02. The van der Waals surface area contributed by atoms with E-state index in [1.165, 1.54) is 4.90 Å². The van der Waals surface area contributed by atoms with Crippen LogP contribution in [0.2, 0.25) is 0 Å². The molecule has 0 aliphatic carbocycles. The van der Waals surface area contributed by atoms with Gasteiger partial charge in [0.25, 0.3) is 5.69 Å². The summed E-state index contributed by atoms with van der Waals surface area (Å²) in [6.07, 6.45) is -0.396. The third-order valence-electron chi connectivity index (χ3n) is 5.39. The molecule has 1 N–H and O–H groups in total. The quantitative estimate of drug-likeness (QED) is 0.413. The van der Waals surface area contributed by atoms with E-state index in [-0.39, 0.29) is 30.2 Å². The fourth-order valence-corrected chi connectivity index (χ4v) is 3.50. The van der Waals surface area contributed by atoms with E-state index in [1.54, 1.807) is 0 Å². The molecule has 1 aliphatic rings. The molecule has 0 bridgehead atoms. The van der Waals surface area contributed by atoms with Gasteiger partial charge in [0.1, 0.15) is 11.2 Å². The second-order valence-corrected chi connectivity index (χ2v) is 7.93. The number of benzene rings is 1. The second kappa shape index (κ2) is 8.72. The highest BCUT2D eigenvalue weighted by Crippen LogP contribution is 2.46. The number of alkyl halides is 1. The summed E-state index contributed by atoms with van der Waals surface area (Å²) in [5.41, 5.74) is -2.35. The Morgan fingerprint density at radius 2 is 1.87 bits per heavy atom. The minimum absolute atomic E-state index is 0.0580. The predicted molar refractivity (Wildman–Crippen MR) is 103 cm³/mol. The van der Waals surface area contributed by atoms with Gasteiger partial charge in [0.05, 0.1) is 18.1 Å². The van der Waals surface area contributed by atoms with Crippen molar-refractivity contribution >= 4 is 17.7 Å². The molecule has 0 radical (unpaired) electrons. The maximum atomic E-state index is 13.0. The lowest BCUT2D eigenvalue weighted by Crippen LogP contribution is -2.56. The number of carbonyl (C=O) groups is 2. The Kier molecular flexibility index (Phi) is 6.73. The van der Waals surface area contributed by atoms with Crippen molar-refractivity contribution in [3.05, 3.63) is 27.8 Å². The smallest absolute Gasteiger partial charge is 0.407 e. The molecule has 30 heavy (non-hydrogen) atoms. The first-order chi connectivity index (χ1) is 14.0. The minimum Gasteiger partial charge on any atom is -0.483 e. The summed E-state index contributed by atoms with van der Waals surface area (Å²) in [4.78, 5) is 35.2. The molecule has 1 aromatic carbocycles.